The molecular weight excluding hydrogens is 646 g/mol. The van der Waals surface area contributed by atoms with Crippen molar-refractivity contribution in [3.05, 3.63) is 58.1 Å². The predicted molar refractivity (Wildman–Crippen MR) is 172 cm³/mol. The van der Waals surface area contributed by atoms with Crippen LogP contribution in [0.4, 0.5) is 9.59 Å². The smallest absolute Gasteiger partial charge is 0.410 e. The maximum absolute atomic E-state index is 12.2. The molecule has 2 saturated heterocycles. The Balaban J connectivity index is 0.000000255. The first-order chi connectivity index (χ1) is 20.8. The molecule has 248 valence electrons. The van der Waals surface area contributed by atoms with Gasteiger partial charge in [-0.3, -0.25) is 19.4 Å². The van der Waals surface area contributed by atoms with Crippen LogP contribution in [-0.4, -0.2) is 100 Å². The first-order valence-corrected chi connectivity index (χ1v) is 15.4. The Morgan fingerprint density at radius 1 is 0.778 bits per heavy atom. The Hall–Kier alpha value is -3.58. The van der Waals surface area contributed by atoms with Crippen LogP contribution in [0.1, 0.15) is 63.2 Å². The fourth-order valence-electron chi connectivity index (χ4n) is 3.85. The largest absolute Gasteiger partial charge is 0.444 e. The van der Waals surface area contributed by atoms with E-state index in [-0.39, 0.29) is 35.7 Å². The SMILES string of the molecule is CON(C)C(=O)C1CN(C(=O)OC(C)(C)C)C1.Cc1ccc(Br)nc1.Cc1ccc(C(=O)C2CN(C(=O)OC(C)(C)C)C2)nc1. The van der Waals surface area contributed by atoms with Crippen LogP contribution in [0.2, 0.25) is 0 Å². The van der Waals surface area contributed by atoms with E-state index in [1.165, 1.54) is 22.6 Å². The Morgan fingerprint density at radius 3 is 1.58 bits per heavy atom. The molecule has 45 heavy (non-hydrogen) atoms. The van der Waals surface area contributed by atoms with Crippen molar-refractivity contribution in [1.29, 1.82) is 0 Å². The molecule has 2 aromatic heterocycles. The molecule has 3 amide bonds. The summed E-state index contributed by atoms with van der Waals surface area (Å²) in [5.41, 5.74) is 1.66. The topological polar surface area (TPSA) is 131 Å². The minimum atomic E-state index is -0.509. The summed E-state index contributed by atoms with van der Waals surface area (Å²) in [6, 6.07) is 7.53. The van der Waals surface area contributed by atoms with Gasteiger partial charge in [0.05, 0.1) is 18.9 Å². The average molecular weight is 693 g/mol. The number of halogens is 1. The van der Waals surface area contributed by atoms with Gasteiger partial charge in [-0.05, 0) is 94.6 Å². The second kappa shape index (κ2) is 16.1. The molecule has 2 aliphatic heterocycles. The molecule has 13 heteroatoms. The van der Waals surface area contributed by atoms with Crippen molar-refractivity contribution in [1.82, 2.24) is 24.8 Å². The number of pyridine rings is 2. The maximum atomic E-state index is 12.2. The fraction of sp³-hybridized carbons (Fsp3) is 0.562. The molecule has 0 aromatic carbocycles. The molecule has 0 radical (unpaired) electrons. The third-order valence-electron chi connectivity index (χ3n) is 6.41. The van der Waals surface area contributed by atoms with Crippen LogP contribution in [0.15, 0.2) is 41.3 Å². The first-order valence-electron chi connectivity index (χ1n) is 14.6. The molecule has 4 heterocycles. The van der Waals surface area contributed by atoms with Crippen molar-refractivity contribution in [2.75, 3.05) is 40.3 Å². The number of likely N-dealkylation sites (tertiary alicyclic amines) is 2. The lowest BCUT2D eigenvalue weighted by molar-refractivity contribution is -0.178. The van der Waals surface area contributed by atoms with Gasteiger partial charge in [-0.15, -0.1) is 0 Å². The van der Waals surface area contributed by atoms with Gasteiger partial charge in [-0.2, -0.15) is 0 Å². The highest BCUT2D eigenvalue weighted by Crippen LogP contribution is 2.23. The summed E-state index contributed by atoms with van der Waals surface area (Å²) in [6.07, 6.45) is 2.77. The molecule has 2 aliphatic rings. The normalized spacial score (nSPS) is 14.8. The number of hydroxylamine groups is 2. The zero-order chi connectivity index (χ0) is 34.1. The van der Waals surface area contributed by atoms with Crippen LogP contribution in [-0.2, 0) is 19.1 Å². The zero-order valence-electron chi connectivity index (χ0n) is 27.9. The number of rotatable bonds is 4. The number of hydrogen-bond acceptors (Lipinski definition) is 9. The van der Waals surface area contributed by atoms with Crippen molar-refractivity contribution in [3.8, 4) is 0 Å². The molecular formula is C32H46BrN5O7. The number of nitrogens with zero attached hydrogens (tertiary/aromatic N) is 5. The zero-order valence-corrected chi connectivity index (χ0v) is 29.5. The third kappa shape index (κ3) is 12.7. The van der Waals surface area contributed by atoms with Crippen LogP contribution in [0.25, 0.3) is 0 Å². The second-order valence-corrected chi connectivity index (χ2v) is 13.7. The number of carbonyl (C=O) groups excluding carboxylic acids is 4. The van der Waals surface area contributed by atoms with Gasteiger partial charge in [-0.1, -0.05) is 12.1 Å². The summed E-state index contributed by atoms with van der Waals surface area (Å²) in [6.45, 7) is 16.4. The van der Waals surface area contributed by atoms with E-state index < -0.39 is 11.2 Å². The van der Waals surface area contributed by atoms with Gasteiger partial charge in [0.25, 0.3) is 5.91 Å². The summed E-state index contributed by atoms with van der Waals surface area (Å²) in [5, 5.41) is 1.18. The van der Waals surface area contributed by atoms with Crippen LogP contribution in [0.5, 0.6) is 0 Å². The molecule has 2 fully saturated rings. The summed E-state index contributed by atoms with van der Waals surface area (Å²) >= 11 is 3.23. The van der Waals surface area contributed by atoms with Crippen molar-refractivity contribution in [2.45, 2.75) is 66.6 Å². The summed E-state index contributed by atoms with van der Waals surface area (Å²) in [4.78, 5) is 63.1. The van der Waals surface area contributed by atoms with E-state index in [0.29, 0.717) is 31.9 Å². The summed E-state index contributed by atoms with van der Waals surface area (Å²) in [7, 11) is 2.99. The van der Waals surface area contributed by atoms with Gasteiger partial charge >= 0.3 is 12.2 Å². The van der Waals surface area contributed by atoms with E-state index in [0.717, 1.165) is 10.2 Å². The quantitative estimate of drug-likeness (QED) is 0.233. The van der Waals surface area contributed by atoms with Crippen LogP contribution in [0, 0.1) is 25.7 Å². The van der Waals surface area contributed by atoms with E-state index in [4.69, 9.17) is 14.3 Å². The number of hydrogen-bond donors (Lipinski definition) is 0. The standard InChI is InChI=1S/C15H20N2O3.C11H20N2O4.C6H6BrN/c1-10-5-6-12(16-7-10)13(18)11-8-17(9-11)14(19)20-15(2,3)4;1-11(2,3)17-10(15)13-6-8(7-13)9(14)12(4)16-5;1-5-2-3-6(7)8-4-5/h5-7,11H,8-9H2,1-4H3;8H,6-7H2,1-5H3;2-4H,1H3. The van der Waals surface area contributed by atoms with Crippen LogP contribution < -0.4 is 0 Å². The van der Waals surface area contributed by atoms with Gasteiger partial charge < -0.3 is 19.3 Å². The molecule has 0 atom stereocenters. The average Bonchev–Trinajstić information content (AvgIpc) is 2.87. The number of ether oxygens (including phenoxy) is 2. The number of amides is 3. The Bertz CT molecular complexity index is 1270. The molecule has 0 saturated carbocycles. The Labute approximate surface area is 274 Å². The molecule has 0 aliphatic carbocycles. The molecule has 0 unspecified atom stereocenters. The molecule has 4 rings (SSSR count). The van der Waals surface area contributed by atoms with Crippen molar-refractivity contribution in [3.63, 3.8) is 0 Å². The van der Waals surface area contributed by atoms with E-state index in [9.17, 15) is 19.2 Å². The van der Waals surface area contributed by atoms with E-state index >= 15 is 0 Å². The number of aromatic nitrogens is 2. The molecule has 0 spiro atoms. The molecule has 2 aromatic rings. The minimum absolute atomic E-state index is 0.00944. The van der Waals surface area contributed by atoms with E-state index in [2.05, 4.69) is 25.9 Å². The highest BCUT2D eigenvalue weighted by atomic mass is 79.9. The lowest BCUT2D eigenvalue weighted by Crippen LogP contribution is -2.56. The Kier molecular flexibility index (Phi) is 13.5. The fourth-order valence-corrected chi connectivity index (χ4v) is 4.08. The van der Waals surface area contributed by atoms with Gasteiger partial charge in [0.1, 0.15) is 21.5 Å². The molecule has 0 bridgehead atoms. The first kappa shape index (κ1) is 37.6. The second-order valence-electron chi connectivity index (χ2n) is 12.9. The highest BCUT2D eigenvalue weighted by Gasteiger charge is 2.40. The van der Waals surface area contributed by atoms with Gasteiger partial charge in [-0.25, -0.2) is 19.6 Å². The lowest BCUT2D eigenvalue weighted by atomic mass is 9.93. The van der Waals surface area contributed by atoms with Crippen molar-refractivity contribution in [2.24, 2.45) is 11.8 Å². The third-order valence-corrected chi connectivity index (χ3v) is 6.88. The number of aryl methyl sites for hydroxylation is 2. The monoisotopic (exact) mass is 691 g/mol. The van der Waals surface area contributed by atoms with Crippen molar-refractivity contribution < 1.29 is 33.5 Å². The predicted octanol–water partition coefficient (Wildman–Crippen LogP) is 5.47. The maximum Gasteiger partial charge on any atom is 0.410 e. The van der Waals surface area contributed by atoms with E-state index in [1.807, 2.05) is 79.8 Å². The summed E-state index contributed by atoms with van der Waals surface area (Å²) in [5.74, 6) is -0.484. The van der Waals surface area contributed by atoms with Gasteiger partial charge in [0, 0.05) is 45.6 Å². The number of Topliss-reactive ketones (excluding diaryl/α,β-unsaturated/α-hetero) is 1. The van der Waals surface area contributed by atoms with Gasteiger partial charge in [0.2, 0.25) is 0 Å². The number of carbonyl (C=O) groups is 4. The van der Waals surface area contributed by atoms with Crippen LogP contribution in [0.3, 0.4) is 0 Å². The highest BCUT2D eigenvalue weighted by molar-refractivity contribution is 9.10. The van der Waals surface area contributed by atoms with Crippen LogP contribution >= 0.6 is 15.9 Å². The molecule has 12 nitrogen and oxygen atoms in total. The van der Waals surface area contributed by atoms with Crippen molar-refractivity contribution >= 4 is 39.8 Å². The van der Waals surface area contributed by atoms with Gasteiger partial charge in [0.15, 0.2) is 5.78 Å². The molecule has 0 N–H and O–H groups in total. The summed E-state index contributed by atoms with van der Waals surface area (Å²) < 4.78 is 11.3. The Morgan fingerprint density at radius 2 is 1.22 bits per heavy atom. The van der Waals surface area contributed by atoms with E-state index in [1.54, 1.807) is 24.2 Å². The number of ketones is 1. The lowest BCUT2D eigenvalue weighted by Gasteiger charge is -2.39. The minimum Gasteiger partial charge on any atom is -0.444 e.